The molecule has 3 heteroatoms. The van der Waals surface area contributed by atoms with Gasteiger partial charge in [-0.05, 0) is 60.0 Å². The summed E-state index contributed by atoms with van der Waals surface area (Å²) in [5, 5.41) is 12.6. The van der Waals surface area contributed by atoms with Crippen molar-refractivity contribution in [2.45, 2.75) is 0 Å². The quantitative estimate of drug-likeness (QED) is 0.170. The smallest absolute Gasteiger partial charge is 0.0549 e. The van der Waals surface area contributed by atoms with Gasteiger partial charge in [0, 0.05) is 48.5 Å². The Balaban J connectivity index is 1.27. The lowest BCUT2D eigenvalue weighted by Gasteiger charge is -2.15. The van der Waals surface area contributed by atoms with Gasteiger partial charge in [0.25, 0.3) is 0 Å². The SMILES string of the molecule is c1ccc2c(-n3c4ccc(-n5c6ccccc6c6ccccc65)c5ccc6c(-n7c8ccccc8c8ccccc87)ccc3c6c54)cccc2c1. The lowest BCUT2D eigenvalue weighted by Crippen LogP contribution is -1.97. The molecule has 0 aliphatic carbocycles. The van der Waals surface area contributed by atoms with Gasteiger partial charge in [0.1, 0.15) is 0 Å². The molecular formula is C48H29N3. The van der Waals surface area contributed by atoms with Gasteiger partial charge in [-0.15, -0.1) is 0 Å². The average Bonchev–Trinajstić information content (AvgIpc) is 3.83. The normalized spacial score (nSPS) is 12.3. The summed E-state index contributed by atoms with van der Waals surface area (Å²) in [7, 11) is 0. The summed E-state index contributed by atoms with van der Waals surface area (Å²) < 4.78 is 7.43. The second-order valence-electron chi connectivity index (χ2n) is 13.7. The van der Waals surface area contributed by atoms with Crippen LogP contribution in [0, 0.1) is 0 Å². The third-order valence-corrected chi connectivity index (χ3v) is 11.2. The van der Waals surface area contributed by atoms with E-state index >= 15 is 0 Å². The maximum absolute atomic E-state index is 2.50. The van der Waals surface area contributed by atoms with Crippen molar-refractivity contribution in [3.63, 3.8) is 0 Å². The third kappa shape index (κ3) is 3.47. The minimum Gasteiger partial charge on any atom is -0.309 e. The fourth-order valence-corrected chi connectivity index (χ4v) is 9.14. The first kappa shape index (κ1) is 27.0. The lowest BCUT2D eigenvalue weighted by atomic mass is 9.99. The molecule has 0 saturated carbocycles. The highest BCUT2D eigenvalue weighted by Gasteiger charge is 2.24. The van der Waals surface area contributed by atoms with Gasteiger partial charge >= 0.3 is 0 Å². The third-order valence-electron chi connectivity index (χ3n) is 11.2. The van der Waals surface area contributed by atoms with E-state index in [0.29, 0.717) is 0 Å². The van der Waals surface area contributed by atoms with Crippen molar-refractivity contribution in [3.05, 3.63) is 176 Å². The number of fused-ring (bicyclic) bond motifs is 7. The molecule has 0 unspecified atom stereocenters. The molecule has 0 aliphatic heterocycles. The number of rotatable bonds is 3. The van der Waals surface area contributed by atoms with Crippen molar-refractivity contribution in [2.75, 3.05) is 0 Å². The minimum absolute atomic E-state index is 1.20. The molecule has 0 amide bonds. The summed E-state index contributed by atoms with van der Waals surface area (Å²) in [5.41, 5.74) is 10.9. The van der Waals surface area contributed by atoms with Crippen LogP contribution in [0.1, 0.15) is 0 Å². The van der Waals surface area contributed by atoms with Crippen LogP contribution in [0.5, 0.6) is 0 Å². The Morgan fingerprint density at radius 3 is 1.04 bits per heavy atom. The van der Waals surface area contributed by atoms with Crippen LogP contribution in [0.25, 0.3) is 104 Å². The van der Waals surface area contributed by atoms with E-state index in [4.69, 9.17) is 0 Å². The molecule has 3 heterocycles. The molecule has 3 nitrogen and oxygen atoms in total. The number of para-hydroxylation sites is 4. The van der Waals surface area contributed by atoms with Crippen LogP contribution in [0.4, 0.5) is 0 Å². The van der Waals surface area contributed by atoms with Crippen molar-refractivity contribution in [3.8, 4) is 17.1 Å². The molecule has 0 N–H and O–H groups in total. The topological polar surface area (TPSA) is 14.8 Å². The van der Waals surface area contributed by atoms with E-state index < -0.39 is 0 Å². The van der Waals surface area contributed by atoms with E-state index in [1.54, 1.807) is 0 Å². The van der Waals surface area contributed by atoms with Gasteiger partial charge in [0.05, 0.1) is 50.2 Å². The second-order valence-corrected chi connectivity index (χ2v) is 13.7. The Morgan fingerprint density at radius 2 is 0.569 bits per heavy atom. The van der Waals surface area contributed by atoms with E-state index in [1.807, 2.05) is 0 Å². The zero-order valence-electron chi connectivity index (χ0n) is 27.6. The van der Waals surface area contributed by atoms with Crippen molar-refractivity contribution in [2.24, 2.45) is 0 Å². The summed E-state index contributed by atoms with van der Waals surface area (Å²) in [6.45, 7) is 0. The van der Waals surface area contributed by atoms with Crippen LogP contribution >= 0.6 is 0 Å². The van der Waals surface area contributed by atoms with Crippen molar-refractivity contribution in [1.29, 1.82) is 0 Å². The number of hydrogen-bond acceptors (Lipinski definition) is 0. The zero-order valence-corrected chi connectivity index (χ0v) is 27.6. The lowest BCUT2D eigenvalue weighted by molar-refractivity contribution is 1.18. The number of hydrogen-bond donors (Lipinski definition) is 0. The van der Waals surface area contributed by atoms with Gasteiger partial charge in [0.15, 0.2) is 0 Å². The first-order chi connectivity index (χ1) is 25.3. The molecule has 3 aromatic heterocycles. The Labute approximate surface area is 292 Å². The Hall–Kier alpha value is -6.84. The molecule has 0 saturated heterocycles. The predicted octanol–water partition coefficient (Wildman–Crippen LogP) is 12.7. The maximum Gasteiger partial charge on any atom is 0.0549 e. The number of aromatic nitrogens is 3. The molecule has 0 spiro atoms. The average molecular weight is 648 g/mol. The fourth-order valence-electron chi connectivity index (χ4n) is 9.14. The molecule has 0 aliphatic rings. The van der Waals surface area contributed by atoms with Crippen molar-refractivity contribution >= 4 is 87.0 Å². The molecular weight excluding hydrogens is 619 g/mol. The standard InChI is InChI=1S/C48H29N3/c1-2-14-31-30(12-1)13-11-23-38(31)51-45-28-26-43(49-39-19-7-3-15-32(39)33-16-4-8-20-40(33)49)36-24-25-37-44(27-29-46(51)48(37)47(36)45)50-41-21-9-5-17-34(41)35-18-6-10-22-42(35)50/h1-29H. The molecule has 0 bridgehead atoms. The largest absolute Gasteiger partial charge is 0.309 e. The van der Waals surface area contributed by atoms with Gasteiger partial charge in [-0.1, -0.05) is 121 Å². The van der Waals surface area contributed by atoms with E-state index in [1.165, 1.54) is 104 Å². The highest BCUT2D eigenvalue weighted by atomic mass is 15.0. The van der Waals surface area contributed by atoms with Gasteiger partial charge in [0.2, 0.25) is 0 Å². The summed E-state index contributed by atoms with van der Waals surface area (Å²) in [6.07, 6.45) is 0. The molecule has 12 aromatic rings. The van der Waals surface area contributed by atoms with Crippen LogP contribution < -0.4 is 0 Å². The van der Waals surface area contributed by atoms with Crippen LogP contribution in [0.2, 0.25) is 0 Å². The number of nitrogens with zero attached hydrogens (tertiary/aromatic N) is 3. The van der Waals surface area contributed by atoms with Crippen LogP contribution in [0.15, 0.2) is 176 Å². The molecule has 12 rings (SSSR count). The highest BCUT2D eigenvalue weighted by molar-refractivity contribution is 6.28. The summed E-state index contributed by atoms with van der Waals surface area (Å²) in [4.78, 5) is 0. The van der Waals surface area contributed by atoms with E-state index in [0.717, 1.165) is 0 Å². The molecule has 0 atom stereocenters. The Morgan fingerprint density at radius 1 is 0.216 bits per heavy atom. The molecule has 236 valence electrons. The number of benzene rings is 9. The molecule has 0 fully saturated rings. The predicted molar refractivity (Wildman–Crippen MR) is 216 cm³/mol. The maximum atomic E-state index is 2.50. The van der Waals surface area contributed by atoms with Gasteiger partial charge in [-0.2, -0.15) is 0 Å². The second kappa shape index (κ2) is 9.87. The van der Waals surface area contributed by atoms with E-state index in [-0.39, 0.29) is 0 Å². The van der Waals surface area contributed by atoms with Gasteiger partial charge in [-0.25, -0.2) is 0 Å². The highest BCUT2D eigenvalue weighted by Crippen LogP contribution is 2.46. The first-order valence-corrected chi connectivity index (χ1v) is 17.6. The van der Waals surface area contributed by atoms with Crippen LogP contribution in [-0.2, 0) is 0 Å². The minimum atomic E-state index is 1.20. The Kier molecular flexibility index (Phi) is 5.23. The van der Waals surface area contributed by atoms with Gasteiger partial charge < -0.3 is 13.7 Å². The molecule has 51 heavy (non-hydrogen) atoms. The monoisotopic (exact) mass is 647 g/mol. The van der Waals surface area contributed by atoms with E-state index in [2.05, 4.69) is 190 Å². The van der Waals surface area contributed by atoms with E-state index in [9.17, 15) is 0 Å². The summed E-state index contributed by atoms with van der Waals surface area (Å²) >= 11 is 0. The fraction of sp³-hybridized carbons (Fsp3) is 0. The molecule has 0 radical (unpaired) electrons. The summed E-state index contributed by atoms with van der Waals surface area (Å²) in [6, 6.07) is 64.7. The zero-order chi connectivity index (χ0) is 33.2. The van der Waals surface area contributed by atoms with Gasteiger partial charge in [-0.3, -0.25) is 0 Å². The first-order valence-electron chi connectivity index (χ1n) is 17.6. The van der Waals surface area contributed by atoms with Crippen molar-refractivity contribution in [1.82, 2.24) is 13.7 Å². The van der Waals surface area contributed by atoms with Crippen LogP contribution in [0.3, 0.4) is 0 Å². The van der Waals surface area contributed by atoms with Crippen molar-refractivity contribution < 1.29 is 0 Å². The Bertz CT molecular complexity index is 3070. The summed E-state index contributed by atoms with van der Waals surface area (Å²) in [5.74, 6) is 0. The molecule has 9 aromatic carbocycles. The van der Waals surface area contributed by atoms with Crippen LogP contribution in [-0.4, -0.2) is 13.7 Å².